The molecule has 6 nitrogen and oxygen atoms in total. The Balaban J connectivity index is 2.14. The summed E-state index contributed by atoms with van der Waals surface area (Å²) in [4.78, 5) is 0. The lowest BCUT2D eigenvalue weighted by atomic mass is 10.1. The molecular weight excluding hydrogens is 280 g/mol. The highest BCUT2D eigenvalue weighted by atomic mass is 32.2. The Labute approximate surface area is 119 Å². The largest absolute Gasteiger partial charge is 0.454 e. The minimum absolute atomic E-state index is 0.207. The maximum atomic E-state index is 12.2. The highest BCUT2D eigenvalue weighted by Crippen LogP contribution is 2.34. The molecule has 1 aliphatic heterocycles. The first-order valence-corrected chi connectivity index (χ1v) is 8.09. The maximum absolute atomic E-state index is 12.2. The van der Waals surface area contributed by atoms with Crippen LogP contribution < -0.4 is 14.2 Å². The second-order valence-corrected chi connectivity index (χ2v) is 6.24. The Morgan fingerprint density at radius 1 is 1.25 bits per heavy atom. The molecule has 0 amide bonds. The van der Waals surface area contributed by atoms with Gasteiger partial charge in [-0.2, -0.15) is 17.4 Å². The molecule has 20 heavy (non-hydrogen) atoms. The number of rotatable bonds is 6. The van der Waals surface area contributed by atoms with Gasteiger partial charge in [-0.25, -0.2) is 0 Å². The summed E-state index contributed by atoms with van der Waals surface area (Å²) in [6.45, 7) is 6.53. The minimum Gasteiger partial charge on any atom is -0.454 e. The number of nitrogens with zero attached hydrogens (tertiary/aromatic N) is 1. The Hall–Kier alpha value is -1.31. The van der Waals surface area contributed by atoms with Crippen molar-refractivity contribution in [3.63, 3.8) is 0 Å². The normalized spacial score (nSPS) is 15.6. The monoisotopic (exact) mass is 300 g/mol. The second-order valence-electron chi connectivity index (χ2n) is 4.54. The van der Waals surface area contributed by atoms with Crippen molar-refractivity contribution in [3.8, 4) is 11.5 Å². The Kier molecular flexibility index (Phi) is 4.52. The van der Waals surface area contributed by atoms with E-state index in [0.29, 0.717) is 24.6 Å². The summed E-state index contributed by atoms with van der Waals surface area (Å²) in [7, 11) is -3.47. The molecule has 1 N–H and O–H groups in total. The molecule has 2 rings (SSSR count). The maximum Gasteiger partial charge on any atom is 0.279 e. The molecule has 0 spiro atoms. The Morgan fingerprint density at radius 2 is 1.90 bits per heavy atom. The van der Waals surface area contributed by atoms with Crippen molar-refractivity contribution in [3.05, 3.63) is 23.8 Å². The first-order valence-electron chi connectivity index (χ1n) is 6.65. The standard InChI is InChI=1S/C13H20N2O4S/c1-4-15(5-2)20(16,17)14-10(3)11-6-7-12-13(8-11)19-9-18-12/h6-8,10,14H,4-5,9H2,1-3H3. The van der Waals surface area contributed by atoms with Crippen molar-refractivity contribution in [1.82, 2.24) is 9.03 Å². The van der Waals surface area contributed by atoms with Crippen molar-refractivity contribution < 1.29 is 17.9 Å². The Bertz CT molecular complexity index is 570. The summed E-state index contributed by atoms with van der Waals surface area (Å²) in [5.41, 5.74) is 0.838. The van der Waals surface area contributed by atoms with Crippen molar-refractivity contribution in [2.75, 3.05) is 19.9 Å². The van der Waals surface area contributed by atoms with E-state index in [1.807, 2.05) is 19.9 Å². The van der Waals surface area contributed by atoms with Gasteiger partial charge in [-0.15, -0.1) is 0 Å². The molecule has 1 aromatic rings. The third kappa shape index (κ3) is 3.05. The van der Waals surface area contributed by atoms with E-state index < -0.39 is 10.2 Å². The molecule has 0 fully saturated rings. The van der Waals surface area contributed by atoms with Crippen LogP contribution in [-0.2, 0) is 10.2 Å². The molecule has 0 saturated heterocycles. The highest BCUT2D eigenvalue weighted by molar-refractivity contribution is 7.87. The lowest BCUT2D eigenvalue weighted by Gasteiger charge is -2.22. The molecular formula is C13H20N2O4S. The molecule has 0 saturated carbocycles. The van der Waals surface area contributed by atoms with Gasteiger partial charge in [-0.05, 0) is 24.6 Å². The molecule has 1 heterocycles. The molecule has 1 aliphatic rings. The molecule has 0 bridgehead atoms. The number of fused-ring (bicyclic) bond motifs is 1. The van der Waals surface area contributed by atoms with Gasteiger partial charge >= 0.3 is 0 Å². The number of hydrogen-bond acceptors (Lipinski definition) is 4. The summed E-state index contributed by atoms with van der Waals surface area (Å²) in [5.74, 6) is 1.34. The number of ether oxygens (including phenoxy) is 2. The van der Waals surface area contributed by atoms with Gasteiger partial charge in [0.1, 0.15) is 0 Å². The summed E-state index contributed by atoms with van der Waals surface area (Å²) < 4.78 is 38.9. The topological polar surface area (TPSA) is 67.9 Å². The van der Waals surface area contributed by atoms with Crippen molar-refractivity contribution in [2.24, 2.45) is 0 Å². The van der Waals surface area contributed by atoms with E-state index in [1.54, 1.807) is 19.1 Å². The van der Waals surface area contributed by atoms with E-state index in [2.05, 4.69) is 4.72 Å². The van der Waals surface area contributed by atoms with Crippen LogP contribution in [-0.4, -0.2) is 32.6 Å². The molecule has 0 aliphatic carbocycles. The predicted molar refractivity (Wildman–Crippen MR) is 76.0 cm³/mol. The van der Waals surface area contributed by atoms with E-state index in [9.17, 15) is 8.42 Å². The number of hydrogen-bond donors (Lipinski definition) is 1. The van der Waals surface area contributed by atoms with Gasteiger partial charge in [0.25, 0.3) is 10.2 Å². The van der Waals surface area contributed by atoms with Gasteiger partial charge in [0.2, 0.25) is 6.79 Å². The van der Waals surface area contributed by atoms with E-state index in [4.69, 9.17) is 9.47 Å². The van der Waals surface area contributed by atoms with E-state index >= 15 is 0 Å². The van der Waals surface area contributed by atoms with Crippen LogP contribution in [0.15, 0.2) is 18.2 Å². The van der Waals surface area contributed by atoms with Crippen LogP contribution in [0.1, 0.15) is 32.4 Å². The van der Waals surface area contributed by atoms with Crippen molar-refractivity contribution in [2.45, 2.75) is 26.8 Å². The summed E-state index contributed by atoms with van der Waals surface area (Å²) in [5, 5.41) is 0. The summed E-state index contributed by atoms with van der Waals surface area (Å²) in [6, 6.07) is 5.09. The molecule has 0 radical (unpaired) electrons. The lowest BCUT2D eigenvalue weighted by Crippen LogP contribution is -2.41. The van der Waals surface area contributed by atoms with Crippen molar-refractivity contribution in [1.29, 1.82) is 0 Å². The predicted octanol–water partition coefficient (Wildman–Crippen LogP) is 1.65. The third-order valence-corrected chi connectivity index (χ3v) is 5.12. The van der Waals surface area contributed by atoms with Crippen LogP contribution in [0, 0.1) is 0 Å². The molecule has 1 aromatic carbocycles. The fourth-order valence-electron chi connectivity index (χ4n) is 2.11. The van der Waals surface area contributed by atoms with Gasteiger partial charge in [0.15, 0.2) is 11.5 Å². The molecule has 7 heteroatoms. The van der Waals surface area contributed by atoms with Crippen LogP contribution in [0.5, 0.6) is 11.5 Å². The lowest BCUT2D eigenvalue weighted by molar-refractivity contribution is 0.174. The van der Waals surface area contributed by atoms with Crippen LogP contribution in [0.25, 0.3) is 0 Å². The third-order valence-electron chi connectivity index (χ3n) is 3.27. The number of benzene rings is 1. The van der Waals surface area contributed by atoms with Gasteiger partial charge in [-0.3, -0.25) is 0 Å². The SMILES string of the molecule is CCN(CC)S(=O)(=O)NC(C)c1ccc2c(c1)OCO2. The quantitative estimate of drug-likeness (QED) is 0.867. The first kappa shape index (κ1) is 15.1. The molecule has 0 aromatic heterocycles. The van der Waals surface area contributed by atoms with E-state index in [-0.39, 0.29) is 12.8 Å². The van der Waals surface area contributed by atoms with E-state index in [1.165, 1.54) is 4.31 Å². The zero-order valence-corrected chi connectivity index (χ0v) is 12.7. The fraction of sp³-hybridized carbons (Fsp3) is 0.538. The van der Waals surface area contributed by atoms with Crippen LogP contribution in [0.3, 0.4) is 0 Å². The zero-order valence-electron chi connectivity index (χ0n) is 11.9. The van der Waals surface area contributed by atoms with Crippen molar-refractivity contribution >= 4 is 10.2 Å². The molecule has 112 valence electrons. The van der Waals surface area contributed by atoms with Gasteiger partial charge in [0.05, 0.1) is 0 Å². The van der Waals surface area contributed by atoms with E-state index in [0.717, 1.165) is 5.56 Å². The zero-order chi connectivity index (χ0) is 14.8. The average Bonchev–Trinajstić information content (AvgIpc) is 2.86. The summed E-state index contributed by atoms with van der Waals surface area (Å²) in [6.07, 6.45) is 0. The Morgan fingerprint density at radius 3 is 2.55 bits per heavy atom. The first-order chi connectivity index (χ1) is 9.47. The highest BCUT2D eigenvalue weighted by Gasteiger charge is 2.23. The number of nitrogens with one attached hydrogen (secondary N) is 1. The summed E-state index contributed by atoms with van der Waals surface area (Å²) >= 11 is 0. The molecule has 1 unspecified atom stereocenters. The van der Waals surface area contributed by atoms with Gasteiger partial charge in [0, 0.05) is 19.1 Å². The average molecular weight is 300 g/mol. The minimum atomic E-state index is -3.47. The van der Waals surface area contributed by atoms with Gasteiger partial charge in [-0.1, -0.05) is 19.9 Å². The van der Waals surface area contributed by atoms with Crippen LogP contribution in [0.4, 0.5) is 0 Å². The molecule has 1 atom stereocenters. The second kappa shape index (κ2) is 5.99. The van der Waals surface area contributed by atoms with Crippen LogP contribution in [0.2, 0.25) is 0 Å². The van der Waals surface area contributed by atoms with Crippen LogP contribution >= 0.6 is 0 Å². The fourth-order valence-corrected chi connectivity index (χ4v) is 3.52. The van der Waals surface area contributed by atoms with Gasteiger partial charge < -0.3 is 9.47 Å². The smallest absolute Gasteiger partial charge is 0.279 e.